The van der Waals surface area contributed by atoms with Gasteiger partial charge in [-0.2, -0.15) is 0 Å². The maximum atomic E-state index is 12.6. The van der Waals surface area contributed by atoms with Gasteiger partial charge in [-0.25, -0.2) is 0 Å². The molecule has 2 aliphatic rings. The fourth-order valence-corrected chi connectivity index (χ4v) is 3.61. The molecule has 1 aliphatic carbocycles. The number of carbonyl (C=O) groups excluding carboxylic acids is 2. The molecule has 126 valence electrons. The van der Waals surface area contributed by atoms with E-state index in [-0.39, 0.29) is 30.2 Å². The van der Waals surface area contributed by atoms with Crippen LogP contribution in [0.4, 0.5) is 0 Å². The molecule has 0 radical (unpaired) electrons. The van der Waals surface area contributed by atoms with Crippen molar-refractivity contribution in [2.75, 3.05) is 13.2 Å². The van der Waals surface area contributed by atoms with Gasteiger partial charge in [0.2, 0.25) is 5.91 Å². The average molecular weight is 320 g/mol. The van der Waals surface area contributed by atoms with Gasteiger partial charge < -0.3 is 19.7 Å². The molecule has 1 aliphatic heterocycles. The minimum absolute atomic E-state index is 0.0603. The molecule has 1 saturated carbocycles. The van der Waals surface area contributed by atoms with E-state index in [1.54, 1.807) is 17.0 Å². The Morgan fingerprint density at radius 2 is 2.04 bits per heavy atom. The number of likely N-dealkylation sites (tertiary alicyclic amines) is 1. The Hall–Kier alpha value is -1.82. The molecule has 0 aromatic carbocycles. The van der Waals surface area contributed by atoms with E-state index < -0.39 is 6.04 Å². The highest BCUT2D eigenvalue weighted by molar-refractivity contribution is 5.96. The molecule has 0 bridgehead atoms. The first kappa shape index (κ1) is 16.1. The molecule has 1 unspecified atom stereocenters. The van der Waals surface area contributed by atoms with E-state index in [2.05, 4.69) is 5.32 Å². The van der Waals surface area contributed by atoms with Crippen molar-refractivity contribution in [1.29, 1.82) is 0 Å². The van der Waals surface area contributed by atoms with Gasteiger partial charge in [0.05, 0.1) is 6.26 Å². The lowest BCUT2D eigenvalue weighted by atomic mass is 9.86. The maximum absolute atomic E-state index is 12.6. The zero-order valence-corrected chi connectivity index (χ0v) is 13.2. The Labute approximate surface area is 135 Å². The van der Waals surface area contributed by atoms with E-state index in [4.69, 9.17) is 4.42 Å². The second-order valence-electron chi connectivity index (χ2n) is 6.54. The minimum atomic E-state index is -0.400. The summed E-state index contributed by atoms with van der Waals surface area (Å²) >= 11 is 0. The molecule has 2 heterocycles. The molecule has 6 heteroatoms. The Bertz CT molecular complexity index is 535. The summed E-state index contributed by atoms with van der Waals surface area (Å²) in [6, 6.07) is 3.07. The normalized spacial score (nSPS) is 27.9. The van der Waals surface area contributed by atoms with E-state index in [0.717, 1.165) is 32.1 Å². The van der Waals surface area contributed by atoms with Gasteiger partial charge in [0.15, 0.2) is 5.76 Å². The molecular formula is C17H24N2O4. The number of nitrogens with one attached hydrogen (secondary N) is 1. The maximum Gasteiger partial charge on any atom is 0.290 e. The topological polar surface area (TPSA) is 82.8 Å². The SMILES string of the molecule is O=C(NC1CCC(CO)CC1)C1CCCN1C(=O)c1ccco1. The van der Waals surface area contributed by atoms with Crippen molar-refractivity contribution in [1.82, 2.24) is 10.2 Å². The predicted octanol–water partition coefficient (Wildman–Crippen LogP) is 1.55. The third-order valence-electron chi connectivity index (χ3n) is 5.00. The van der Waals surface area contributed by atoms with Crippen LogP contribution in [0.2, 0.25) is 0 Å². The largest absolute Gasteiger partial charge is 0.459 e. The minimum Gasteiger partial charge on any atom is -0.459 e. The summed E-state index contributed by atoms with van der Waals surface area (Å²) < 4.78 is 5.16. The smallest absolute Gasteiger partial charge is 0.290 e. The van der Waals surface area contributed by atoms with Gasteiger partial charge in [-0.3, -0.25) is 9.59 Å². The van der Waals surface area contributed by atoms with Gasteiger partial charge in [-0.1, -0.05) is 0 Å². The zero-order valence-electron chi connectivity index (χ0n) is 13.2. The van der Waals surface area contributed by atoms with Crippen LogP contribution in [-0.4, -0.2) is 47.1 Å². The molecule has 1 atom stereocenters. The van der Waals surface area contributed by atoms with E-state index in [1.807, 2.05) is 0 Å². The fraction of sp³-hybridized carbons (Fsp3) is 0.647. The molecule has 1 saturated heterocycles. The molecule has 3 rings (SSSR count). The van der Waals surface area contributed by atoms with Crippen molar-refractivity contribution in [2.45, 2.75) is 50.6 Å². The number of hydrogen-bond acceptors (Lipinski definition) is 4. The summed E-state index contributed by atoms with van der Waals surface area (Å²) in [6.45, 7) is 0.823. The number of nitrogens with zero attached hydrogens (tertiary/aromatic N) is 1. The third-order valence-corrected chi connectivity index (χ3v) is 5.00. The first-order chi connectivity index (χ1) is 11.2. The molecule has 0 spiro atoms. The summed E-state index contributed by atoms with van der Waals surface area (Å²) in [4.78, 5) is 26.6. The number of aliphatic hydroxyl groups is 1. The number of furan rings is 1. The van der Waals surface area contributed by atoms with Crippen LogP contribution in [0.5, 0.6) is 0 Å². The number of rotatable bonds is 4. The van der Waals surface area contributed by atoms with Gasteiger partial charge in [0, 0.05) is 19.2 Å². The van der Waals surface area contributed by atoms with Crippen LogP contribution in [0.3, 0.4) is 0 Å². The van der Waals surface area contributed by atoms with Gasteiger partial charge >= 0.3 is 0 Å². The summed E-state index contributed by atoms with van der Waals surface area (Å²) in [6.07, 6.45) is 6.69. The van der Waals surface area contributed by atoms with E-state index >= 15 is 0 Å². The highest BCUT2D eigenvalue weighted by Crippen LogP contribution is 2.25. The summed E-state index contributed by atoms with van der Waals surface area (Å²) in [5.74, 6) is 0.381. The quantitative estimate of drug-likeness (QED) is 0.882. The Morgan fingerprint density at radius 1 is 1.26 bits per heavy atom. The van der Waals surface area contributed by atoms with E-state index in [0.29, 0.717) is 18.9 Å². The van der Waals surface area contributed by atoms with Crippen LogP contribution in [0, 0.1) is 5.92 Å². The Morgan fingerprint density at radius 3 is 2.70 bits per heavy atom. The van der Waals surface area contributed by atoms with Crippen LogP contribution >= 0.6 is 0 Å². The predicted molar refractivity (Wildman–Crippen MR) is 83.7 cm³/mol. The lowest BCUT2D eigenvalue weighted by Crippen LogP contribution is -2.49. The molecule has 2 amide bonds. The summed E-state index contributed by atoms with van der Waals surface area (Å²) in [5.41, 5.74) is 0. The van der Waals surface area contributed by atoms with Crippen molar-refractivity contribution in [3.05, 3.63) is 24.2 Å². The standard InChI is InChI=1S/C17H24N2O4/c20-11-12-5-7-13(8-6-12)18-16(21)14-3-1-9-19(14)17(22)15-4-2-10-23-15/h2,4,10,12-14,20H,1,3,5-9,11H2,(H,18,21). The van der Waals surface area contributed by atoms with Crippen molar-refractivity contribution in [2.24, 2.45) is 5.92 Å². The van der Waals surface area contributed by atoms with E-state index in [1.165, 1.54) is 6.26 Å². The van der Waals surface area contributed by atoms with Crippen molar-refractivity contribution in [3.8, 4) is 0 Å². The zero-order chi connectivity index (χ0) is 16.2. The second kappa shape index (κ2) is 7.17. The monoisotopic (exact) mass is 320 g/mol. The van der Waals surface area contributed by atoms with Crippen LogP contribution in [0.1, 0.15) is 49.1 Å². The molecule has 2 N–H and O–H groups in total. The molecule has 1 aromatic rings. The lowest BCUT2D eigenvalue weighted by Gasteiger charge is -2.30. The average Bonchev–Trinajstić information content (AvgIpc) is 3.26. The second-order valence-corrected chi connectivity index (χ2v) is 6.54. The van der Waals surface area contributed by atoms with Gasteiger partial charge in [-0.15, -0.1) is 0 Å². The summed E-state index contributed by atoms with van der Waals surface area (Å²) in [5, 5.41) is 12.3. The highest BCUT2D eigenvalue weighted by atomic mass is 16.3. The highest BCUT2D eigenvalue weighted by Gasteiger charge is 2.36. The number of hydrogen-bond donors (Lipinski definition) is 2. The molecule has 1 aromatic heterocycles. The Kier molecular flexibility index (Phi) is 5.00. The van der Waals surface area contributed by atoms with Gasteiger partial charge in [0.25, 0.3) is 5.91 Å². The van der Waals surface area contributed by atoms with E-state index in [9.17, 15) is 14.7 Å². The Balaban J connectivity index is 1.57. The van der Waals surface area contributed by atoms with Crippen LogP contribution in [0.15, 0.2) is 22.8 Å². The van der Waals surface area contributed by atoms with Gasteiger partial charge in [-0.05, 0) is 56.6 Å². The first-order valence-corrected chi connectivity index (χ1v) is 8.44. The number of aliphatic hydroxyl groups excluding tert-OH is 1. The van der Waals surface area contributed by atoms with Gasteiger partial charge in [0.1, 0.15) is 6.04 Å². The number of amides is 2. The first-order valence-electron chi connectivity index (χ1n) is 8.44. The third kappa shape index (κ3) is 3.58. The fourth-order valence-electron chi connectivity index (χ4n) is 3.61. The molecule has 23 heavy (non-hydrogen) atoms. The van der Waals surface area contributed by atoms with Crippen LogP contribution in [-0.2, 0) is 4.79 Å². The molecule has 2 fully saturated rings. The summed E-state index contributed by atoms with van der Waals surface area (Å²) in [7, 11) is 0. The molecular weight excluding hydrogens is 296 g/mol. The van der Waals surface area contributed by atoms with Crippen molar-refractivity contribution >= 4 is 11.8 Å². The molecule has 6 nitrogen and oxygen atoms in total. The van der Waals surface area contributed by atoms with Crippen molar-refractivity contribution in [3.63, 3.8) is 0 Å². The van der Waals surface area contributed by atoms with Crippen LogP contribution in [0.25, 0.3) is 0 Å². The van der Waals surface area contributed by atoms with Crippen molar-refractivity contribution < 1.29 is 19.1 Å². The lowest BCUT2D eigenvalue weighted by molar-refractivity contribution is -0.125. The van der Waals surface area contributed by atoms with Crippen LogP contribution < -0.4 is 5.32 Å². The number of carbonyl (C=O) groups is 2.